The summed E-state index contributed by atoms with van der Waals surface area (Å²) in [5, 5.41) is -7.35. The van der Waals surface area contributed by atoms with Crippen LogP contribution in [0.5, 0.6) is 0 Å². The van der Waals surface area contributed by atoms with Gasteiger partial charge in [0.1, 0.15) is 0 Å². The zero-order valence-electron chi connectivity index (χ0n) is 10.1. The third-order valence-corrected chi connectivity index (χ3v) is 2.94. The summed E-state index contributed by atoms with van der Waals surface area (Å²) < 4.78 is 154. The zero-order chi connectivity index (χ0) is 20.2. The molecule has 0 N–H and O–H groups in total. The van der Waals surface area contributed by atoms with Crippen molar-refractivity contribution in [3.8, 4) is 0 Å². The minimum absolute atomic E-state index is 3.67. The number of carbonyl (C=O) groups is 2. The Balaban J connectivity index is 6.48. The maximum atomic E-state index is 13.0. The molecule has 0 atom stereocenters. The molecule has 24 heavy (non-hydrogen) atoms. The highest BCUT2D eigenvalue weighted by atomic mass is 35.5. The molecule has 0 aromatic heterocycles. The van der Waals surface area contributed by atoms with Crippen molar-refractivity contribution in [3.63, 3.8) is 0 Å². The van der Waals surface area contributed by atoms with Crippen LogP contribution in [0.4, 0.5) is 52.7 Å². The molecular formula is C8Cl2F12O2. The Labute approximate surface area is 132 Å². The van der Waals surface area contributed by atoms with Crippen LogP contribution < -0.4 is 0 Å². The smallest absolute Gasteiger partial charge is 0.274 e. The first-order valence-electron chi connectivity index (χ1n) is 4.80. The van der Waals surface area contributed by atoms with Crippen molar-refractivity contribution in [2.45, 2.75) is 35.5 Å². The second-order valence-corrected chi connectivity index (χ2v) is 4.68. The van der Waals surface area contributed by atoms with Gasteiger partial charge < -0.3 is 0 Å². The largest absolute Gasteiger partial charge is 0.388 e. The first-order valence-corrected chi connectivity index (χ1v) is 5.56. The number of alkyl halides is 12. The molecule has 0 radical (unpaired) electrons. The molecule has 0 saturated carbocycles. The van der Waals surface area contributed by atoms with Gasteiger partial charge in [0.2, 0.25) is 0 Å². The Hall–Kier alpha value is -0.920. The first kappa shape index (κ1) is 23.1. The van der Waals surface area contributed by atoms with Crippen LogP contribution in [-0.2, 0) is 9.59 Å². The number of carbonyl (C=O) groups excluding carboxylic acids is 2. The minimum atomic E-state index is -7.98. The summed E-state index contributed by atoms with van der Waals surface area (Å²) in [6.45, 7) is 0. The molecule has 142 valence electrons. The van der Waals surface area contributed by atoms with E-state index in [1.165, 1.54) is 0 Å². The fraction of sp³-hybridized carbons (Fsp3) is 0.750. The maximum absolute atomic E-state index is 13.0. The molecule has 0 saturated heterocycles. The number of hydrogen-bond donors (Lipinski definition) is 0. The maximum Gasteiger partial charge on any atom is 0.388 e. The van der Waals surface area contributed by atoms with E-state index in [-0.39, 0.29) is 0 Å². The van der Waals surface area contributed by atoms with Crippen molar-refractivity contribution in [2.24, 2.45) is 0 Å². The monoisotopic (exact) mass is 426 g/mol. The Morgan fingerprint density at radius 1 is 0.458 bits per heavy atom. The second-order valence-electron chi connectivity index (χ2n) is 3.99. The molecule has 0 aromatic carbocycles. The normalized spacial score (nSPS) is 15.4. The van der Waals surface area contributed by atoms with E-state index >= 15 is 0 Å². The van der Waals surface area contributed by atoms with E-state index in [1.54, 1.807) is 0 Å². The van der Waals surface area contributed by atoms with Crippen molar-refractivity contribution in [1.82, 2.24) is 0 Å². The van der Waals surface area contributed by atoms with Crippen LogP contribution in [0.2, 0.25) is 0 Å². The molecule has 0 unspecified atom stereocenters. The molecule has 0 aliphatic rings. The third-order valence-electron chi connectivity index (χ3n) is 2.47. The molecule has 0 rings (SSSR count). The van der Waals surface area contributed by atoms with E-state index in [9.17, 15) is 62.3 Å². The van der Waals surface area contributed by atoms with Crippen molar-refractivity contribution < 1.29 is 62.3 Å². The van der Waals surface area contributed by atoms with Gasteiger partial charge in [0.25, 0.3) is 10.5 Å². The Morgan fingerprint density at radius 3 is 0.750 bits per heavy atom. The molecule has 0 fully saturated rings. The van der Waals surface area contributed by atoms with Crippen LogP contribution in [0, 0.1) is 0 Å². The molecule has 0 heterocycles. The van der Waals surface area contributed by atoms with Crippen LogP contribution in [0.3, 0.4) is 0 Å². The molecule has 0 bridgehead atoms. The average molecular weight is 427 g/mol. The van der Waals surface area contributed by atoms with Gasteiger partial charge in [-0.1, -0.05) is 0 Å². The van der Waals surface area contributed by atoms with Gasteiger partial charge in [-0.25, -0.2) is 0 Å². The predicted octanol–water partition coefficient (Wildman–Crippen LogP) is 4.33. The van der Waals surface area contributed by atoms with Gasteiger partial charge in [-0.2, -0.15) is 52.7 Å². The summed E-state index contributed by atoms with van der Waals surface area (Å²) >= 11 is 7.61. The summed E-state index contributed by atoms with van der Waals surface area (Å²) in [6, 6.07) is 0. The first-order chi connectivity index (χ1) is 10.1. The quantitative estimate of drug-likeness (QED) is 0.448. The minimum Gasteiger partial charge on any atom is -0.274 e. The van der Waals surface area contributed by atoms with Crippen molar-refractivity contribution >= 4 is 33.7 Å². The summed E-state index contributed by atoms with van der Waals surface area (Å²) in [6.07, 6.45) is 0. The molecule has 0 aromatic rings. The van der Waals surface area contributed by atoms with Crippen LogP contribution >= 0.6 is 23.2 Å². The molecule has 0 amide bonds. The van der Waals surface area contributed by atoms with Crippen molar-refractivity contribution in [2.75, 3.05) is 0 Å². The lowest BCUT2D eigenvalue weighted by molar-refractivity contribution is -0.413. The van der Waals surface area contributed by atoms with Gasteiger partial charge in [-0.3, -0.25) is 9.59 Å². The van der Waals surface area contributed by atoms with E-state index in [4.69, 9.17) is 0 Å². The van der Waals surface area contributed by atoms with Gasteiger partial charge >= 0.3 is 35.5 Å². The molecular weight excluding hydrogens is 427 g/mol. The van der Waals surface area contributed by atoms with Crippen molar-refractivity contribution in [3.05, 3.63) is 0 Å². The van der Waals surface area contributed by atoms with Gasteiger partial charge in [-0.05, 0) is 23.2 Å². The highest BCUT2D eigenvalue weighted by Crippen LogP contribution is 2.60. The lowest BCUT2D eigenvalue weighted by Gasteiger charge is -2.39. The van der Waals surface area contributed by atoms with Gasteiger partial charge in [-0.15, -0.1) is 0 Å². The van der Waals surface area contributed by atoms with Crippen LogP contribution in [0.1, 0.15) is 0 Å². The summed E-state index contributed by atoms with van der Waals surface area (Å²) in [5.41, 5.74) is 0. The molecule has 0 aliphatic carbocycles. The van der Waals surface area contributed by atoms with Gasteiger partial charge in [0, 0.05) is 0 Å². The van der Waals surface area contributed by atoms with E-state index in [2.05, 4.69) is 23.2 Å². The predicted molar refractivity (Wildman–Crippen MR) is 51.4 cm³/mol. The Kier molecular flexibility index (Phi) is 5.59. The van der Waals surface area contributed by atoms with E-state index in [0.29, 0.717) is 0 Å². The SMILES string of the molecule is O=C(Cl)C(F)(F)C(F)(F)C(F)(F)C(F)(F)C(F)(F)C(F)(F)C(=O)Cl. The average Bonchev–Trinajstić information content (AvgIpc) is 2.36. The zero-order valence-corrected chi connectivity index (χ0v) is 11.6. The summed E-state index contributed by atoms with van der Waals surface area (Å²) in [5.74, 6) is -45.0. The van der Waals surface area contributed by atoms with Crippen LogP contribution in [-0.4, -0.2) is 46.0 Å². The van der Waals surface area contributed by atoms with E-state index in [0.717, 1.165) is 0 Å². The van der Waals surface area contributed by atoms with Gasteiger partial charge in [0.05, 0.1) is 0 Å². The van der Waals surface area contributed by atoms with E-state index < -0.39 is 46.0 Å². The van der Waals surface area contributed by atoms with Crippen LogP contribution in [0.25, 0.3) is 0 Å². The number of halogens is 14. The Bertz CT molecular complexity index is 495. The summed E-state index contributed by atoms with van der Waals surface area (Å²) in [7, 11) is 0. The highest BCUT2D eigenvalue weighted by molar-refractivity contribution is 6.65. The van der Waals surface area contributed by atoms with E-state index in [1.807, 2.05) is 0 Å². The molecule has 0 spiro atoms. The number of rotatable bonds is 7. The third kappa shape index (κ3) is 2.70. The summed E-state index contributed by atoms with van der Waals surface area (Å²) in [4.78, 5) is 20.0. The fourth-order valence-electron chi connectivity index (χ4n) is 1.04. The molecule has 16 heteroatoms. The van der Waals surface area contributed by atoms with Crippen molar-refractivity contribution in [1.29, 1.82) is 0 Å². The standard InChI is InChI=1S/C8Cl2F12O2/c9-1(23)3(11,12)5(15,16)7(19,20)8(21,22)6(17,18)4(13,14)2(10)24. The second kappa shape index (κ2) is 5.81. The Morgan fingerprint density at radius 2 is 0.625 bits per heavy atom. The fourth-order valence-corrected chi connectivity index (χ4v) is 1.27. The van der Waals surface area contributed by atoms with Crippen LogP contribution in [0.15, 0.2) is 0 Å². The highest BCUT2D eigenvalue weighted by Gasteiger charge is 2.91. The topological polar surface area (TPSA) is 34.1 Å². The lowest BCUT2D eigenvalue weighted by Crippen LogP contribution is -2.72. The molecule has 2 nitrogen and oxygen atoms in total. The molecule has 0 aliphatic heterocycles. The lowest BCUT2D eigenvalue weighted by atomic mass is 9.92. The van der Waals surface area contributed by atoms with Gasteiger partial charge in [0.15, 0.2) is 0 Å². The number of hydrogen-bond acceptors (Lipinski definition) is 2.